The number of rotatable bonds is 17. The number of unbranched alkanes of at least 4 members (excludes halogenated alkanes) is 10. The van der Waals surface area contributed by atoms with E-state index in [9.17, 15) is 0 Å². The van der Waals surface area contributed by atoms with Crippen LogP contribution in [0.15, 0.2) is 0 Å². The Morgan fingerprint density at radius 2 is 0.850 bits per heavy atom. The van der Waals surface area contributed by atoms with Crippen molar-refractivity contribution < 1.29 is 9.47 Å². The van der Waals surface area contributed by atoms with Crippen LogP contribution in [0.3, 0.4) is 0 Å². The Balaban J connectivity index is 2.89. The van der Waals surface area contributed by atoms with Crippen molar-refractivity contribution in [3.05, 3.63) is 0 Å². The summed E-state index contributed by atoms with van der Waals surface area (Å²) in [5.74, 6) is 0. The average molecular weight is 286 g/mol. The lowest BCUT2D eigenvalue weighted by Crippen LogP contribution is -2.05. The van der Waals surface area contributed by atoms with Crippen molar-refractivity contribution in [3.8, 4) is 0 Å². The third-order valence-electron chi connectivity index (χ3n) is 3.61. The molecular weight excluding hydrogens is 248 g/mol. The predicted octanol–water partition coefficient (Wildman–Crippen LogP) is 5.74. The Morgan fingerprint density at radius 1 is 0.400 bits per heavy atom. The Labute approximate surface area is 127 Å². The van der Waals surface area contributed by atoms with Crippen molar-refractivity contribution in [2.45, 2.75) is 90.9 Å². The molecule has 0 aromatic carbocycles. The van der Waals surface area contributed by atoms with Gasteiger partial charge in [0.05, 0.1) is 13.2 Å². The molecule has 2 heteroatoms. The van der Waals surface area contributed by atoms with E-state index in [1.807, 2.05) is 0 Å². The van der Waals surface area contributed by atoms with Gasteiger partial charge in [-0.15, -0.1) is 0 Å². The Bertz CT molecular complexity index is 141. The summed E-state index contributed by atoms with van der Waals surface area (Å²) in [5, 5.41) is 0. The van der Waals surface area contributed by atoms with Crippen LogP contribution in [0.5, 0.6) is 0 Å². The molecule has 0 rings (SSSR count). The molecule has 0 saturated heterocycles. The standard InChI is InChI=1S/C18H38O2/c1-3-5-6-7-8-9-10-11-12-13-14-16-20-18-17-19-15-4-2/h3-18H2,1-2H3. The van der Waals surface area contributed by atoms with Gasteiger partial charge in [0.2, 0.25) is 0 Å². The molecule has 0 aromatic heterocycles. The summed E-state index contributed by atoms with van der Waals surface area (Å²) in [6.07, 6.45) is 16.4. The minimum absolute atomic E-state index is 0.756. The summed E-state index contributed by atoms with van der Waals surface area (Å²) in [6.45, 7) is 7.70. The number of hydrogen-bond acceptors (Lipinski definition) is 2. The zero-order valence-corrected chi connectivity index (χ0v) is 14.1. The van der Waals surface area contributed by atoms with Gasteiger partial charge in [0.25, 0.3) is 0 Å². The summed E-state index contributed by atoms with van der Waals surface area (Å²) in [5.41, 5.74) is 0. The summed E-state index contributed by atoms with van der Waals surface area (Å²) < 4.78 is 10.9. The van der Waals surface area contributed by atoms with E-state index in [1.165, 1.54) is 70.6 Å². The molecular formula is C18H38O2. The molecule has 0 spiro atoms. The van der Waals surface area contributed by atoms with Crippen LogP contribution >= 0.6 is 0 Å². The molecule has 0 fully saturated rings. The van der Waals surface area contributed by atoms with Crippen LogP contribution in [0.25, 0.3) is 0 Å². The Morgan fingerprint density at radius 3 is 1.35 bits per heavy atom. The maximum atomic E-state index is 5.54. The molecule has 0 saturated carbocycles. The molecule has 0 unspecified atom stereocenters. The fraction of sp³-hybridized carbons (Fsp3) is 1.00. The molecule has 0 bridgehead atoms. The van der Waals surface area contributed by atoms with Crippen LogP contribution in [0, 0.1) is 0 Å². The maximum Gasteiger partial charge on any atom is 0.0700 e. The van der Waals surface area contributed by atoms with Gasteiger partial charge in [-0.1, -0.05) is 78.1 Å². The first-order valence-corrected chi connectivity index (χ1v) is 9.07. The van der Waals surface area contributed by atoms with Gasteiger partial charge < -0.3 is 9.47 Å². The molecule has 0 aliphatic carbocycles. The summed E-state index contributed by atoms with van der Waals surface area (Å²) >= 11 is 0. The molecule has 0 aliphatic heterocycles. The van der Waals surface area contributed by atoms with Crippen LogP contribution in [0.4, 0.5) is 0 Å². The summed E-state index contributed by atoms with van der Waals surface area (Å²) in [7, 11) is 0. The largest absolute Gasteiger partial charge is 0.379 e. The van der Waals surface area contributed by atoms with E-state index in [2.05, 4.69) is 13.8 Å². The van der Waals surface area contributed by atoms with Crippen LogP contribution in [0.1, 0.15) is 90.9 Å². The first-order chi connectivity index (χ1) is 9.91. The van der Waals surface area contributed by atoms with E-state index in [0.717, 1.165) is 32.8 Å². The fourth-order valence-corrected chi connectivity index (χ4v) is 2.33. The van der Waals surface area contributed by atoms with Crippen molar-refractivity contribution in [3.63, 3.8) is 0 Å². The zero-order chi connectivity index (χ0) is 14.7. The van der Waals surface area contributed by atoms with Gasteiger partial charge in [-0.25, -0.2) is 0 Å². The highest BCUT2D eigenvalue weighted by Gasteiger charge is 1.94. The lowest BCUT2D eigenvalue weighted by atomic mass is 10.1. The second-order valence-corrected chi connectivity index (χ2v) is 5.76. The summed E-state index contributed by atoms with van der Waals surface area (Å²) in [4.78, 5) is 0. The molecule has 0 aromatic rings. The van der Waals surface area contributed by atoms with Crippen molar-refractivity contribution in [1.82, 2.24) is 0 Å². The molecule has 0 radical (unpaired) electrons. The molecule has 0 heterocycles. The molecule has 122 valence electrons. The quantitative estimate of drug-likeness (QED) is 0.317. The molecule has 0 amide bonds. The average Bonchev–Trinajstić information content (AvgIpc) is 2.47. The van der Waals surface area contributed by atoms with E-state index in [1.54, 1.807) is 0 Å². The van der Waals surface area contributed by atoms with Gasteiger partial charge >= 0.3 is 0 Å². The first-order valence-electron chi connectivity index (χ1n) is 9.07. The minimum atomic E-state index is 0.756. The topological polar surface area (TPSA) is 18.5 Å². The Hall–Kier alpha value is -0.0800. The number of ether oxygens (including phenoxy) is 2. The molecule has 20 heavy (non-hydrogen) atoms. The lowest BCUT2D eigenvalue weighted by Gasteiger charge is -2.05. The maximum absolute atomic E-state index is 5.54. The van der Waals surface area contributed by atoms with E-state index in [4.69, 9.17) is 9.47 Å². The van der Waals surface area contributed by atoms with Gasteiger partial charge in [0, 0.05) is 13.2 Å². The van der Waals surface area contributed by atoms with Crippen molar-refractivity contribution in [1.29, 1.82) is 0 Å². The fourth-order valence-electron chi connectivity index (χ4n) is 2.33. The zero-order valence-electron chi connectivity index (χ0n) is 14.1. The SMILES string of the molecule is CCCCCCCCCCCCCOCCOCCC. The van der Waals surface area contributed by atoms with Gasteiger partial charge in [0.1, 0.15) is 0 Å². The first kappa shape index (κ1) is 19.9. The molecule has 0 aliphatic rings. The second kappa shape index (κ2) is 18.9. The monoisotopic (exact) mass is 286 g/mol. The van der Waals surface area contributed by atoms with Crippen LogP contribution in [-0.2, 0) is 9.47 Å². The normalized spacial score (nSPS) is 11.1. The third kappa shape index (κ3) is 17.9. The van der Waals surface area contributed by atoms with Crippen molar-refractivity contribution >= 4 is 0 Å². The van der Waals surface area contributed by atoms with Crippen LogP contribution in [-0.4, -0.2) is 26.4 Å². The van der Waals surface area contributed by atoms with Gasteiger partial charge in [-0.2, -0.15) is 0 Å². The smallest absolute Gasteiger partial charge is 0.0700 e. The molecule has 0 N–H and O–H groups in total. The highest BCUT2D eigenvalue weighted by molar-refractivity contribution is 4.48. The van der Waals surface area contributed by atoms with E-state index < -0.39 is 0 Å². The van der Waals surface area contributed by atoms with E-state index >= 15 is 0 Å². The second-order valence-electron chi connectivity index (χ2n) is 5.76. The number of hydrogen-bond donors (Lipinski definition) is 0. The van der Waals surface area contributed by atoms with Crippen LogP contribution in [0.2, 0.25) is 0 Å². The minimum Gasteiger partial charge on any atom is -0.379 e. The Kier molecular flexibility index (Phi) is 18.8. The highest BCUT2D eigenvalue weighted by atomic mass is 16.5. The van der Waals surface area contributed by atoms with Gasteiger partial charge in [-0.05, 0) is 12.8 Å². The van der Waals surface area contributed by atoms with Crippen LogP contribution < -0.4 is 0 Å². The van der Waals surface area contributed by atoms with Gasteiger partial charge in [-0.3, -0.25) is 0 Å². The van der Waals surface area contributed by atoms with Gasteiger partial charge in [0.15, 0.2) is 0 Å². The van der Waals surface area contributed by atoms with E-state index in [0.29, 0.717) is 0 Å². The summed E-state index contributed by atoms with van der Waals surface area (Å²) in [6, 6.07) is 0. The third-order valence-corrected chi connectivity index (χ3v) is 3.61. The molecule has 0 atom stereocenters. The van der Waals surface area contributed by atoms with Crippen molar-refractivity contribution in [2.24, 2.45) is 0 Å². The molecule has 2 nitrogen and oxygen atoms in total. The van der Waals surface area contributed by atoms with E-state index in [-0.39, 0.29) is 0 Å². The van der Waals surface area contributed by atoms with Crippen molar-refractivity contribution in [2.75, 3.05) is 26.4 Å². The lowest BCUT2D eigenvalue weighted by molar-refractivity contribution is 0.0465. The highest BCUT2D eigenvalue weighted by Crippen LogP contribution is 2.11. The predicted molar refractivity (Wildman–Crippen MR) is 88.4 cm³/mol.